The summed E-state index contributed by atoms with van der Waals surface area (Å²) in [5.41, 5.74) is 4.52. The van der Waals surface area contributed by atoms with E-state index in [0.29, 0.717) is 24.0 Å². The highest BCUT2D eigenvalue weighted by Crippen LogP contribution is 2.29. The summed E-state index contributed by atoms with van der Waals surface area (Å²) in [7, 11) is 1.94. The fourth-order valence-electron chi connectivity index (χ4n) is 4.73. The number of ether oxygens (including phenoxy) is 1. The number of carboxylic acid groups (broad SMARTS) is 1. The second-order valence-corrected chi connectivity index (χ2v) is 9.15. The number of benzene rings is 2. The van der Waals surface area contributed by atoms with Crippen molar-refractivity contribution < 1.29 is 14.6 Å². The lowest BCUT2D eigenvalue weighted by molar-refractivity contribution is 0.0697. The number of rotatable bonds is 7. The van der Waals surface area contributed by atoms with Crippen molar-refractivity contribution in [2.24, 2.45) is 7.05 Å². The Labute approximate surface area is 209 Å². The number of aromatic nitrogens is 3. The summed E-state index contributed by atoms with van der Waals surface area (Å²) in [6.45, 7) is 2.96. The lowest BCUT2D eigenvalue weighted by atomic mass is 9.93. The van der Waals surface area contributed by atoms with Crippen LogP contribution in [-0.2, 0) is 20.2 Å². The van der Waals surface area contributed by atoms with Gasteiger partial charge in [0.2, 0.25) is 5.88 Å². The molecule has 0 spiro atoms. The molecule has 2 aromatic carbocycles. The van der Waals surface area contributed by atoms with Gasteiger partial charge >= 0.3 is 5.97 Å². The number of fused-ring (bicyclic) bond motifs is 1. The molecule has 0 bridgehead atoms. The number of hydrogen-bond acceptors (Lipinski definition) is 6. The Bertz CT molecular complexity index is 1450. The Morgan fingerprint density at radius 1 is 1.11 bits per heavy atom. The molecule has 0 amide bonds. The number of likely N-dealkylation sites (tertiary alicyclic amines) is 1. The normalized spacial score (nSPS) is 14.6. The van der Waals surface area contributed by atoms with Crippen molar-refractivity contribution >= 4 is 17.0 Å². The third-order valence-corrected chi connectivity index (χ3v) is 6.78. The number of piperidine rings is 1. The van der Waals surface area contributed by atoms with Gasteiger partial charge in [-0.3, -0.25) is 4.90 Å². The third kappa shape index (κ3) is 5.07. The summed E-state index contributed by atoms with van der Waals surface area (Å²) in [5.74, 6) is 0.959. The minimum Gasteiger partial charge on any atom is -0.478 e. The van der Waals surface area contributed by atoms with E-state index in [1.165, 1.54) is 0 Å². The van der Waals surface area contributed by atoms with Gasteiger partial charge in [0.05, 0.1) is 34.8 Å². The number of carboxylic acids is 1. The standard InChI is InChI=1S/C28H27N5O3/c1-32-25-15-22(28(34)35)8-9-24(25)30-26(32)17-33-12-10-21(11-13-33)23-6-3-7-27(31-23)36-18-20-5-2-4-19(14-20)16-29/h2-9,14-15,21H,10-13,17-18H2,1H3,(H,34,35). The number of hydrogen-bond donors (Lipinski definition) is 1. The summed E-state index contributed by atoms with van der Waals surface area (Å²) < 4.78 is 7.90. The maximum Gasteiger partial charge on any atom is 0.335 e. The van der Waals surface area contributed by atoms with Crippen LogP contribution in [0.1, 0.15) is 51.8 Å². The first-order valence-corrected chi connectivity index (χ1v) is 12.0. The molecule has 1 saturated heterocycles. The molecular formula is C28H27N5O3. The van der Waals surface area contributed by atoms with E-state index in [4.69, 9.17) is 20.0 Å². The lowest BCUT2D eigenvalue weighted by Crippen LogP contribution is -2.33. The molecule has 4 aromatic rings. The first-order chi connectivity index (χ1) is 17.5. The van der Waals surface area contributed by atoms with Crippen molar-refractivity contribution in [2.45, 2.75) is 31.9 Å². The van der Waals surface area contributed by atoms with E-state index in [0.717, 1.165) is 60.6 Å². The van der Waals surface area contributed by atoms with Crippen LogP contribution in [0, 0.1) is 11.3 Å². The maximum absolute atomic E-state index is 11.3. The number of imidazole rings is 1. The largest absolute Gasteiger partial charge is 0.478 e. The van der Waals surface area contributed by atoms with Gasteiger partial charge in [-0.05, 0) is 67.9 Å². The van der Waals surface area contributed by atoms with Crippen molar-refractivity contribution in [1.82, 2.24) is 19.4 Å². The van der Waals surface area contributed by atoms with Gasteiger partial charge < -0.3 is 14.4 Å². The van der Waals surface area contributed by atoms with Crippen LogP contribution in [-0.4, -0.2) is 43.6 Å². The van der Waals surface area contributed by atoms with Crippen LogP contribution in [0.15, 0.2) is 60.7 Å². The molecule has 0 saturated carbocycles. The van der Waals surface area contributed by atoms with E-state index in [1.807, 2.05) is 41.9 Å². The molecule has 3 heterocycles. The Morgan fingerprint density at radius 3 is 2.69 bits per heavy atom. The molecule has 1 fully saturated rings. The second-order valence-electron chi connectivity index (χ2n) is 9.15. The molecule has 1 aliphatic heterocycles. The van der Waals surface area contributed by atoms with E-state index >= 15 is 0 Å². The average molecular weight is 482 g/mol. The molecule has 182 valence electrons. The van der Waals surface area contributed by atoms with Gasteiger partial charge in [0.15, 0.2) is 0 Å². The molecule has 2 aromatic heterocycles. The average Bonchev–Trinajstić information content (AvgIpc) is 3.22. The van der Waals surface area contributed by atoms with Crippen molar-refractivity contribution in [3.63, 3.8) is 0 Å². The second kappa shape index (κ2) is 10.2. The van der Waals surface area contributed by atoms with Crippen LogP contribution in [0.5, 0.6) is 5.88 Å². The smallest absolute Gasteiger partial charge is 0.335 e. The monoisotopic (exact) mass is 481 g/mol. The van der Waals surface area contributed by atoms with Gasteiger partial charge in [-0.15, -0.1) is 0 Å². The van der Waals surface area contributed by atoms with Crippen LogP contribution in [0.3, 0.4) is 0 Å². The van der Waals surface area contributed by atoms with Gasteiger partial charge in [-0.1, -0.05) is 18.2 Å². The number of nitrogens with zero attached hydrogens (tertiary/aromatic N) is 5. The molecule has 1 N–H and O–H groups in total. The van der Waals surface area contributed by atoms with Crippen LogP contribution < -0.4 is 4.74 Å². The zero-order chi connectivity index (χ0) is 25.1. The summed E-state index contributed by atoms with van der Waals surface area (Å²) in [4.78, 5) is 23.2. The third-order valence-electron chi connectivity index (χ3n) is 6.78. The molecule has 0 atom stereocenters. The fraction of sp³-hybridized carbons (Fsp3) is 0.286. The fourth-order valence-corrected chi connectivity index (χ4v) is 4.73. The lowest BCUT2D eigenvalue weighted by Gasteiger charge is -2.31. The first kappa shape index (κ1) is 23.5. The van der Waals surface area contributed by atoms with Crippen molar-refractivity contribution in [3.8, 4) is 11.9 Å². The summed E-state index contributed by atoms with van der Waals surface area (Å²) in [5, 5.41) is 18.4. The van der Waals surface area contributed by atoms with E-state index in [2.05, 4.69) is 17.0 Å². The topological polar surface area (TPSA) is 104 Å². The zero-order valence-electron chi connectivity index (χ0n) is 20.1. The molecule has 0 aliphatic carbocycles. The predicted octanol–water partition coefficient (Wildman–Crippen LogP) is 4.50. The van der Waals surface area contributed by atoms with Gasteiger partial charge in [-0.25, -0.2) is 14.8 Å². The number of carbonyl (C=O) groups is 1. The van der Waals surface area contributed by atoms with E-state index < -0.39 is 5.97 Å². The Morgan fingerprint density at radius 2 is 1.92 bits per heavy atom. The minimum absolute atomic E-state index is 0.271. The number of nitriles is 1. The van der Waals surface area contributed by atoms with E-state index in [9.17, 15) is 9.90 Å². The molecule has 0 radical (unpaired) electrons. The molecule has 1 aliphatic rings. The zero-order valence-corrected chi connectivity index (χ0v) is 20.1. The Hall–Kier alpha value is -4.22. The van der Waals surface area contributed by atoms with Crippen LogP contribution in [0.25, 0.3) is 11.0 Å². The van der Waals surface area contributed by atoms with Crippen molar-refractivity contribution in [1.29, 1.82) is 5.26 Å². The molecular weight excluding hydrogens is 454 g/mol. The quantitative estimate of drug-likeness (QED) is 0.414. The van der Waals surface area contributed by atoms with Crippen molar-refractivity contribution in [2.75, 3.05) is 13.1 Å². The highest BCUT2D eigenvalue weighted by atomic mass is 16.5. The van der Waals surface area contributed by atoms with Gasteiger partial charge in [0.25, 0.3) is 0 Å². The molecule has 5 rings (SSSR count). The first-order valence-electron chi connectivity index (χ1n) is 12.0. The maximum atomic E-state index is 11.3. The van der Waals surface area contributed by atoms with E-state index in [1.54, 1.807) is 24.3 Å². The number of pyridine rings is 1. The van der Waals surface area contributed by atoms with Crippen molar-refractivity contribution in [3.05, 3.63) is 88.9 Å². The minimum atomic E-state index is -0.932. The van der Waals surface area contributed by atoms with Gasteiger partial charge in [0.1, 0.15) is 12.4 Å². The Kier molecular flexibility index (Phi) is 6.65. The SMILES string of the molecule is Cn1c(CN2CCC(c3cccc(OCc4cccc(C#N)c4)n3)CC2)nc2ccc(C(=O)O)cc21. The molecule has 36 heavy (non-hydrogen) atoms. The van der Waals surface area contributed by atoms with Gasteiger partial charge in [-0.2, -0.15) is 5.26 Å². The number of aryl methyl sites for hydroxylation is 1. The molecule has 8 heteroatoms. The van der Waals surface area contributed by atoms with Crippen LogP contribution in [0.2, 0.25) is 0 Å². The predicted molar refractivity (Wildman–Crippen MR) is 135 cm³/mol. The number of aromatic carboxylic acids is 1. The van der Waals surface area contributed by atoms with Crippen LogP contribution >= 0.6 is 0 Å². The highest BCUT2D eigenvalue weighted by molar-refractivity contribution is 5.92. The molecule has 8 nitrogen and oxygen atoms in total. The molecule has 0 unspecified atom stereocenters. The summed E-state index contributed by atoms with van der Waals surface area (Å²) >= 11 is 0. The Balaban J connectivity index is 1.19. The summed E-state index contributed by atoms with van der Waals surface area (Å²) in [6, 6.07) is 20.5. The summed E-state index contributed by atoms with van der Waals surface area (Å²) in [6.07, 6.45) is 1.99. The van der Waals surface area contributed by atoms with Gasteiger partial charge in [0, 0.05) is 24.7 Å². The highest BCUT2D eigenvalue weighted by Gasteiger charge is 2.23. The van der Waals surface area contributed by atoms with E-state index in [-0.39, 0.29) is 5.56 Å². The van der Waals surface area contributed by atoms with Crippen LogP contribution in [0.4, 0.5) is 0 Å².